The molecule has 0 aliphatic rings. The Bertz CT molecular complexity index is 889. The number of carbonyl (C=O) groups is 1. The summed E-state index contributed by atoms with van der Waals surface area (Å²) in [7, 11) is 0. The molecule has 6 heteroatoms. The monoisotopic (exact) mass is 334 g/mol. The molecular weight excluding hydrogens is 316 g/mol. The van der Waals surface area contributed by atoms with Gasteiger partial charge in [-0.3, -0.25) is 10.2 Å². The van der Waals surface area contributed by atoms with Gasteiger partial charge >= 0.3 is 5.97 Å². The van der Waals surface area contributed by atoms with Gasteiger partial charge in [0.1, 0.15) is 0 Å². The number of rotatable bonds is 6. The minimum atomic E-state index is -0.323. The molecule has 0 radical (unpaired) electrons. The van der Waals surface area contributed by atoms with Gasteiger partial charge in [0.25, 0.3) is 0 Å². The number of ether oxygens (including phenoxy) is 1. The average Bonchev–Trinajstić information content (AvgIpc) is 2.66. The SMILES string of the molecule is CCOC(=O)C/C(=N/Nc1nncc2ccccc12)c1ccccc1. The molecule has 0 saturated heterocycles. The number of hydrogen-bond acceptors (Lipinski definition) is 6. The summed E-state index contributed by atoms with van der Waals surface area (Å²) in [5, 5.41) is 14.4. The van der Waals surface area contributed by atoms with E-state index in [1.807, 2.05) is 54.6 Å². The van der Waals surface area contributed by atoms with Gasteiger partial charge in [0.05, 0.1) is 24.9 Å². The van der Waals surface area contributed by atoms with E-state index in [9.17, 15) is 4.79 Å². The number of anilines is 1. The van der Waals surface area contributed by atoms with Gasteiger partial charge in [0, 0.05) is 10.8 Å². The van der Waals surface area contributed by atoms with Crippen molar-refractivity contribution >= 4 is 28.3 Å². The summed E-state index contributed by atoms with van der Waals surface area (Å²) in [4.78, 5) is 11.9. The fourth-order valence-corrected chi connectivity index (χ4v) is 2.42. The highest BCUT2D eigenvalue weighted by Gasteiger charge is 2.11. The summed E-state index contributed by atoms with van der Waals surface area (Å²) in [6.45, 7) is 2.12. The van der Waals surface area contributed by atoms with E-state index in [1.165, 1.54) is 0 Å². The maximum atomic E-state index is 11.9. The van der Waals surface area contributed by atoms with Crippen LogP contribution in [0.2, 0.25) is 0 Å². The van der Waals surface area contributed by atoms with Crippen molar-refractivity contribution in [3.63, 3.8) is 0 Å². The van der Waals surface area contributed by atoms with Crippen molar-refractivity contribution in [1.29, 1.82) is 0 Å². The topological polar surface area (TPSA) is 76.5 Å². The maximum absolute atomic E-state index is 11.9. The number of fused-ring (bicyclic) bond motifs is 1. The molecule has 6 nitrogen and oxygen atoms in total. The Hall–Kier alpha value is -3.28. The van der Waals surface area contributed by atoms with Crippen molar-refractivity contribution in [2.75, 3.05) is 12.0 Å². The molecule has 0 spiro atoms. The summed E-state index contributed by atoms with van der Waals surface area (Å²) >= 11 is 0. The van der Waals surface area contributed by atoms with Crippen LogP contribution in [0.5, 0.6) is 0 Å². The van der Waals surface area contributed by atoms with Gasteiger partial charge in [-0.1, -0.05) is 54.6 Å². The predicted octanol–water partition coefficient (Wildman–Crippen LogP) is 3.40. The molecule has 0 unspecified atom stereocenters. The van der Waals surface area contributed by atoms with Crippen LogP contribution in [0.3, 0.4) is 0 Å². The van der Waals surface area contributed by atoms with Gasteiger partial charge < -0.3 is 4.74 Å². The van der Waals surface area contributed by atoms with Crippen molar-refractivity contribution in [2.45, 2.75) is 13.3 Å². The van der Waals surface area contributed by atoms with Crippen LogP contribution in [0.1, 0.15) is 18.9 Å². The van der Waals surface area contributed by atoms with Crippen LogP contribution in [0, 0.1) is 0 Å². The Balaban J connectivity index is 1.91. The van der Waals surface area contributed by atoms with Crippen LogP contribution in [0.4, 0.5) is 5.82 Å². The van der Waals surface area contributed by atoms with Crippen LogP contribution in [0.25, 0.3) is 10.8 Å². The number of nitrogens with zero attached hydrogens (tertiary/aromatic N) is 3. The van der Waals surface area contributed by atoms with E-state index in [2.05, 4.69) is 20.7 Å². The van der Waals surface area contributed by atoms with Crippen molar-refractivity contribution in [2.24, 2.45) is 5.10 Å². The quantitative estimate of drug-likeness (QED) is 0.425. The number of esters is 1. The fraction of sp³-hybridized carbons (Fsp3) is 0.158. The second-order valence-corrected chi connectivity index (χ2v) is 5.30. The third kappa shape index (κ3) is 4.17. The Labute approximate surface area is 145 Å². The van der Waals surface area contributed by atoms with Crippen molar-refractivity contribution in [1.82, 2.24) is 10.2 Å². The van der Waals surface area contributed by atoms with Gasteiger partial charge in [0.2, 0.25) is 0 Å². The molecule has 1 heterocycles. The van der Waals surface area contributed by atoms with E-state index in [0.717, 1.165) is 16.3 Å². The number of carbonyl (C=O) groups excluding carboxylic acids is 1. The molecule has 0 bridgehead atoms. The van der Waals surface area contributed by atoms with Gasteiger partial charge in [-0.2, -0.15) is 10.2 Å². The lowest BCUT2D eigenvalue weighted by atomic mass is 10.1. The Morgan fingerprint density at radius 3 is 2.68 bits per heavy atom. The smallest absolute Gasteiger partial charge is 0.311 e. The Morgan fingerprint density at radius 2 is 1.88 bits per heavy atom. The molecule has 25 heavy (non-hydrogen) atoms. The number of hydrogen-bond donors (Lipinski definition) is 1. The van der Waals surface area contributed by atoms with E-state index >= 15 is 0 Å². The molecule has 0 amide bonds. The summed E-state index contributed by atoms with van der Waals surface area (Å²) in [5.41, 5.74) is 4.36. The van der Waals surface area contributed by atoms with Crippen molar-refractivity contribution < 1.29 is 9.53 Å². The normalized spacial score (nSPS) is 11.3. The largest absolute Gasteiger partial charge is 0.466 e. The molecule has 3 aromatic rings. The van der Waals surface area contributed by atoms with E-state index in [-0.39, 0.29) is 12.4 Å². The van der Waals surface area contributed by atoms with Crippen LogP contribution in [-0.4, -0.2) is 28.5 Å². The van der Waals surface area contributed by atoms with Gasteiger partial charge in [-0.05, 0) is 12.5 Å². The number of benzene rings is 2. The number of nitrogens with one attached hydrogen (secondary N) is 1. The van der Waals surface area contributed by atoms with E-state index < -0.39 is 0 Å². The van der Waals surface area contributed by atoms with Crippen LogP contribution in [0.15, 0.2) is 65.9 Å². The lowest BCUT2D eigenvalue weighted by Gasteiger charge is -2.08. The minimum Gasteiger partial charge on any atom is -0.466 e. The molecule has 0 aliphatic heterocycles. The second-order valence-electron chi connectivity index (χ2n) is 5.30. The zero-order valence-corrected chi connectivity index (χ0v) is 13.8. The highest BCUT2D eigenvalue weighted by atomic mass is 16.5. The molecule has 0 fully saturated rings. The molecule has 2 aromatic carbocycles. The maximum Gasteiger partial charge on any atom is 0.311 e. The molecule has 126 valence electrons. The zero-order chi connectivity index (χ0) is 17.5. The highest BCUT2D eigenvalue weighted by Crippen LogP contribution is 2.19. The first-order valence-electron chi connectivity index (χ1n) is 8.02. The van der Waals surface area contributed by atoms with Crippen molar-refractivity contribution in [3.05, 3.63) is 66.4 Å². The number of aromatic nitrogens is 2. The first-order chi connectivity index (χ1) is 12.3. The third-order valence-corrected chi connectivity index (χ3v) is 3.59. The van der Waals surface area contributed by atoms with Gasteiger partial charge in [0.15, 0.2) is 5.82 Å². The third-order valence-electron chi connectivity index (χ3n) is 3.59. The highest BCUT2D eigenvalue weighted by molar-refractivity contribution is 6.09. The summed E-state index contributed by atoms with van der Waals surface area (Å²) in [6.07, 6.45) is 1.77. The van der Waals surface area contributed by atoms with Gasteiger partial charge in [-0.25, -0.2) is 0 Å². The lowest BCUT2D eigenvalue weighted by Crippen LogP contribution is -2.14. The van der Waals surface area contributed by atoms with Crippen LogP contribution >= 0.6 is 0 Å². The first kappa shape index (κ1) is 16.6. The van der Waals surface area contributed by atoms with Crippen LogP contribution in [-0.2, 0) is 9.53 Å². The lowest BCUT2D eigenvalue weighted by molar-refractivity contribution is -0.141. The van der Waals surface area contributed by atoms with Crippen molar-refractivity contribution in [3.8, 4) is 0 Å². The van der Waals surface area contributed by atoms with Gasteiger partial charge in [-0.15, -0.1) is 5.10 Å². The molecule has 0 saturated carbocycles. The van der Waals surface area contributed by atoms with E-state index in [0.29, 0.717) is 18.1 Å². The molecule has 3 rings (SSSR count). The molecule has 1 N–H and O–H groups in total. The Kier molecular flexibility index (Phi) is 5.31. The Morgan fingerprint density at radius 1 is 1.12 bits per heavy atom. The summed E-state index contributed by atoms with van der Waals surface area (Å²) in [5.74, 6) is 0.214. The summed E-state index contributed by atoms with van der Waals surface area (Å²) < 4.78 is 5.04. The standard InChI is InChI=1S/C19H18N4O2/c1-2-25-18(24)12-17(14-8-4-3-5-9-14)21-23-19-16-11-7-6-10-15(16)13-20-22-19/h3-11,13H,2,12H2,1H3,(H,22,23)/b21-17-. The minimum absolute atomic E-state index is 0.0725. The van der Waals surface area contributed by atoms with Crippen LogP contribution < -0.4 is 5.43 Å². The molecule has 0 atom stereocenters. The first-order valence-corrected chi connectivity index (χ1v) is 8.02. The molecule has 1 aromatic heterocycles. The molecular formula is C19H18N4O2. The summed E-state index contributed by atoms with van der Waals surface area (Å²) in [6, 6.07) is 17.3. The van der Waals surface area contributed by atoms with E-state index in [4.69, 9.17) is 4.74 Å². The number of hydrazone groups is 1. The second kappa shape index (κ2) is 8.01. The predicted molar refractivity (Wildman–Crippen MR) is 97.4 cm³/mol. The average molecular weight is 334 g/mol. The van der Waals surface area contributed by atoms with E-state index in [1.54, 1.807) is 13.1 Å². The molecule has 0 aliphatic carbocycles. The fourth-order valence-electron chi connectivity index (χ4n) is 2.42. The zero-order valence-electron chi connectivity index (χ0n) is 13.8.